The van der Waals surface area contributed by atoms with E-state index in [1.165, 1.54) is 0 Å². The number of benzene rings is 1. The Morgan fingerprint density at radius 3 is 2.94 bits per heavy atom. The lowest BCUT2D eigenvalue weighted by atomic mass is 10.3. The Labute approximate surface area is 97.6 Å². The van der Waals surface area contributed by atoms with Gasteiger partial charge in [-0.25, -0.2) is 0 Å². The summed E-state index contributed by atoms with van der Waals surface area (Å²) < 4.78 is 4.96. The molecule has 0 amide bonds. The number of nitrogens with one attached hydrogen (secondary N) is 1. The molecule has 0 saturated carbocycles. The Hall–Kier alpha value is -1.75. The number of rotatable bonds is 3. The molecule has 0 aliphatic heterocycles. The van der Waals surface area contributed by atoms with Crippen LogP contribution < -0.4 is 11.1 Å². The molecule has 0 spiro atoms. The number of nitrogen functional groups attached to an aromatic ring is 1. The summed E-state index contributed by atoms with van der Waals surface area (Å²) in [5.41, 5.74) is 7.00. The molecular formula is C10H11ClN4O. The first-order chi connectivity index (χ1) is 7.65. The van der Waals surface area contributed by atoms with Crippen molar-refractivity contribution in [2.45, 2.75) is 13.5 Å². The van der Waals surface area contributed by atoms with Crippen molar-refractivity contribution in [2.75, 3.05) is 11.1 Å². The van der Waals surface area contributed by atoms with Gasteiger partial charge in [0.2, 0.25) is 5.89 Å². The van der Waals surface area contributed by atoms with Crippen LogP contribution in [-0.4, -0.2) is 10.1 Å². The first kappa shape index (κ1) is 10.8. The molecule has 0 radical (unpaired) electrons. The molecule has 0 atom stereocenters. The van der Waals surface area contributed by atoms with E-state index in [9.17, 15) is 0 Å². The van der Waals surface area contributed by atoms with Gasteiger partial charge in [-0.15, -0.1) is 0 Å². The van der Waals surface area contributed by atoms with Gasteiger partial charge in [0.15, 0.2) is 5.82 Å². The summed E-state index contributed by atoms with van der Waals surface area (Å²) in [5, 5.41) is 7.34. The minimum atomic E-state index is 0.435. The van der Waals surface area contributed by atoms with Crippen LogP contribution in [0.2, 0.25) is 5.02 Å². The summed E-state index contributed by atoms with van der Waals surface area (Å²) in [7, 11) is 0. The van der Waals surface area contributed by atoms with Gasteiger partial charge in [0.25, 0.3) is 0 Å². The summed E-state index contributed by atoms with van der Waals surface area (Å²) in [6.07, 6.45) is 0. The minimum Gasteiger partial charge on any atom is -0.399 e. The molecule has 0 fully saturated rings. The van der Waals surface area contributed by atoms with Gasteiger partial charge in [0.1, 0.15) is 0 Å². The Kier molecular flexibility index (Phi) is 2.96. The Morgan fingerprint density at radius 2 is 2.31 bits per heavy atom. The van der Waals surface area contributed by atoms with Crippen molar-refractivity contribution < 1.29 is 4.52 Å². The fourth-order valence-electron chi connectivity index (χ4n) is 1.26. The van der Waals surface area contributed by atoms with Gasteiger partial charge in [-0.3, -0.25) is 0 Å². The molecule has 0 saturated heterocycles. The van der Waals surface area contributed by atoms with Crippen LogP contribution in [0.25, 0.3) is 0 Å². The molecule has 1 aromatic heterocycles. The van der Waals surface area contributed by atoms with Crippen molar-refractivity contribution in [2.24, 2.45) is 0 Å². The van der Waals surface area contributed by atoms with Crippen molar-refractivity contribution in [3.63, 3.8) is 0 Å². The van der Waals surface area contributed by atoms with Crippen molar-refractivity contribution in [1.82, 2.24) is 10.1 Å². The largest absolute Gasteiger partial charge is 0.399 e. The highest BCUT2D eigenvalue weighted by atomic mass is 35.5. The second-order valence-electron chi connectivity index (χ2n) is 3.33. The normalized spacial score (nSPS) is 10.4. The highest BCUT2D eigenvalue weighted by molar-refractivity contribution is 6.33. The third-order valence-electron chi connectivity index (χ3n) is 1.99. The van der Waals surface area contributed by atoms with Crippen LogP contribution in [0.1, 0.15) is 11.7 Å². The highest BCUT2D eigenvalue weighted by Crippen LogP contribution is 2.24. The predicted molar refractivity (Wildman–Crippen MR) is 62.2 cm³/mol. The number of anilines is 2. The van der Waals surface area contributed by atoms with Crippen LogP contribution in [0, 0.1) is 6.92 Å². The zero-order valence-electron chi connectivity index (χ0n) is 8.70. The third kappa shape index (κ3) is 2.43. The maximum atomic E-state index is 5.99. The molecule has 16 heavy (non-hydrogen) atoms. The summed E-state index contributed by atoms with van der Waals surface area (Å²) in [6.45, 7) is 2.20. The van der Waals surface area contributed by atoms with Gasteiger partial charge in [0.05, 0.1) is 17.3 Å². The second kappa shape index (κ2) is 4.40. The molecular weight excluding hydrogens is 228 g/mol. The Balaban J connectivity index is 2.04. The summed E-state index contributed by atoms with van der Waals surface area (Å²) in [6, 6.07) is 5.26. The molecule has 84 valence electrons. The van der Waals surface area contributed by atoms with Gasteiger partial charge in [-0.1, -0.05) is 16.8 Å². The average Bonchev–Trinajstić information content (AvgIpc) is 2.63. The molecule has 3 N–H and O–H groups in total. The van der Waals surface area contributed by atoms with E-state index in [2.05, 4.69) is 15.5 Å². The van der Waals surface area contributed by atoms with Crippen LogP contribution in [0.3, 0.4) is 0 Å². The van der Waals surface area contributed by atoms with E-state index in [1.807, 2.05) is 0 Å². The maximum absolute atomic E-state index is 5.99. The number of aromatic nitrogens is 2. The average molecular weight is 239 g/mol. The number of hydrogen-bond acceptors (Lipinski definition) is 5. The standard InChI is InChI=1S/C10H11ClN4O/c1-6-14-10(16-15-6)5-13-9-3-2-7(12)4-8(9)11/h2-4,13H,5,12H2,1H3. The van der Waals surface area contributed by atoms with Crippen LogP contribution >= 0.6 is 11.6 Å². The molecule has 0 unspecified atom stereocenters. The van der Waals surface area contributed by atoms with E-state index in [4.69, 9.17) is 21.9 Å². The summed E-state index contributed by atoms with van der Waals surface area (Å²) in [5.74, 6) is 1.13. The number of nitrogens with two attached hydrogens (primary N) is 1. The van der Waals surface area contributed by atoms with Gasteiger partial charge in [-0.2, -0.15) is 4.98 Å². The minimum absolute atomic E-state index is 0.435. The first-order valence-electron chi connectivity index (χ1n) is 4.73. The van der Waals surface area contributed by atoms with Gasteiger partial charge in [-0.05, 0) is 25.1 Å². The maximum Gasteiger partial charge on any atom is 0.245 e. The first-order valence-corrected chi connectivity index (χ1v) is 5.11. The topological polar surface area (TPSA) is 77.0 Å². The third-order valence-corrected chi connectivity index (χ3v) is 2.31. The fourth-order valence-corrected chi connectivity index (χ4v) is 1.51. The number of halogens is 1. The van der Waals surface area contributed by atoms with Crippen molar-refractivity contribution >= 4 is 23.0 Å². The van der Waals surface area contributed by atoms with Crippen molar-refractivity contribution in [3.05, 3.63) is 34.9 Å². The van der Waals surface area contributed by atoms with Gasteiger partial charge < -0.3 is 15.6 Å². The van der Waals surface area contributed by atoms with Crippen LogP contribution in [0.15, 0.2) is 22.7 Å². The summed E-state index contributed by atoms with van der Waals surface area (Å²) in [4.78, 5) is 4.06. The predicted octanol–water partition coefficient (Wildman–Crippen LogP) is 2.23. The Morgan fingerprint density at radius 1 is 1.50 bits per heavy atom. The van der Waals surface area contributed by atoms with Crippen LogP contribution in [0.4, 0.5) is 11.4 Å². The van der Waals surface area contributed by atoms with E-state index < -0.39 is 0 Å². The number of hydrogen-bond donors (Lipinski definition) is 2. The quantitative estimate of drug-likeness (QED) is 0.802. The molecule has 1 aromatic carbocycles. The molecule has 2 rings (SSSR count). The number of nitrogens with zero attached hydrogens (tertiary/aromatic N) is 2. The van der Waals surface area contributed by atoms with Crippen LogP contribution in [0.5, 0.6) is 0 Å². The Bertz CT molecular complexity index is 497. The van der Waals surface area contributed by atoms with Gasteiger partial charge in [0, 0.05) is 5.69 Å². The molecule has 0 aliphatic rings. The van der Waals surface area contributed by atoms with E-state index >= 15 is 0 Å². The van der Waals surface area contributed by atoms with E-state index in [1.54, 1.807) is 25.1 Å². The van der Waals surface area contributed by atoms with Crippen molar-refractivity contribution in [1.29, 1.82) is 0 Å². The van der Waals surface area contributed by atoms with Crippen LogP contribution in [-0.2, 0) is 6.54 Å². The van der Waals surface area contributed by atoms with Gasteiger partial charge >= 0.3 is 0 Å². The molecule has 0 bridgehead atoms. The summed E-state index contributed by atoms with van der Waals surface area (Å²) >= 11 is 5.99. The molecule has 6 heteroatoms. The second-order valence-corrected chi connectivity index (χ2v) is 3.74. The molecule has 5 nitrogen and oxygen atoms in total. The zero-order chi connectivity index (χ0) is 11.5. The lowest BCUT2D eigenvalue weighted by Gasteiger charge is -2.06. The smallest absolute Gasteiger partial charge is 0.245 e. The SMILES string of the molecule is Cc1noc(CNc2ccc(N)cc2Cl)n1. The van der Waals surface area contributed by atoms with E-state index in [0.717, 1.165) is 5.69 Å². The lowest BCUT2D eigenvalue weighted by molar-refractivity contribution is 0.379. The highest BCUT2D eigenvalue weighted by Gasteiger charge is 2.04. The van der Waals surface area contributed by atoms with Crippen molar-refractivity contribution in [3.8, 4) is 0 Å². The van der Waals surface area contributed by atoms with E-state index in [-0.39, 0.29) is 0 Å². The molecule has 2 aromatic rings. The molecule has 1 heterocycles. The monoisotopic (exact) mass is 238 g/mol. The molecule has 0 aliphatic carbocycles. The number of aryl methyl sites for hydroxylation is 1. The zero-order valence-corrected chi connectivity index (χ0v) is 9.45. The lowest BCUT2D eigenvalue weighted by Crippen LogP contribution is -2.00. The van der Waals surface area contributed by atoms with E-state index in [0.29, 0.717) is 29.0 Å². The fraction of sp³-hybridized carbons (Fsp3) is 0.200.